The largest absolute Gasteiger partial charge is 0.344 e. The average Bonchev–Trinajstić information content (AvgIpc) is 2.83. The van der Waals surface area contributed by atoms with E-state index in [1.54, 1.807) is 11.9 Å². The molecule has 2 N–H and O–H groups in total. The molecule has 0 radical (unpaired) electrons. The summed E-state index contributed by atoms with van der Waals surface area (Å²) in [6.07, 6.45) is 1.61. The van der Waals surface area contributed by atoms with Gasteiger partial charge in [0.1, 0.15) is 6.04 Å². The summed E-state index contributed by atoms with van der Waals surface area (Å²) in [5, 5.41) is 5.97. The van der Waals surface area contributed by atoms with Crippen molar-refractivity contribution in [2.75, 3.05) is 26.7 Å². The summed E-state index contributed by atoms with van der Waals surface area (Å²) in [6.45, 7) is 2.38. The van der Waals surface area contributed by atoms with Gasteiger partial charge in [0.25, 0.3) is 0 Å². The molecule has 15 heavy (non-hydrogen) atoms. The van der Waals surface area contributed by atoms with Crippen LogP contribution in [0.25, 0.3) is 0 Å². The van der Waals surface area contributed by atoms with Crippen molar-refractivity contribution in [3.8, 4) is 0 Å². The van der Waals surface area contributed by atoms with E-state index in [0.717, 1.165) is 32.5 Å². The summed E-state index contributed by atoms with van der Waals surface area (Å²) in [4.78, 5) is 24.9. The summed E-state index contributed by atoms with van der Waals surface area (Å²) in [7, 11) is 1.77. The van der Waals surface area contributed by atoms with Crippen molar-refractivity contribution in [1.82, 2.24) is 15.5 Å². The normalized spacial score (nSPS) is 31.0. The molecule has 0 saturated carbocycles. The maximum atomic E-state index is 11.7. The second-order valence-corrected chi connectivity index (χ2v) is 4.30. The molecule has 0 aromatic carbocycles. The molecule has 2 saturated heterocycles. The Morgan fingerprint density at radius 3 is 2.87 bits per heavy atom. The van der Waals surface area contributed by atoms with Crippen LogP contribution in [0, 0.1) is 5.92 Å². The first-order valence-electron chi connectivity index (χ1n) is 5.44. The third kappa shape index (κ3) is 2.12. The Balaban J connectivity index is 1.86. The third-order valence-electron chi connectivity index (χ3n) is 3.18. The van der Waals surface area contributed by atoms with E-state index in [4.69, 9.17) is 0 Å². The van der Waals surface area contributed by atoms with E-state index in [2.05, 4.69) is 10.6 Å². The quantitative estimate of drug-likeness (QED) is 0.612. The number of hydrogen-bond donors (Lipinski definition) is 2. The molecule has 0 aromatic heterocycles. The van der Waals surface area contributed by atoms with E-state index < -0.39 is 0 Å². The van der Waals surface area contributed by atoms with Crippen LogP contribution in [0.2, 0.25) is 0 Å². The number of carbonyl (C=O) groups excluding carboxylic acids is 2. The molecule has 0 spiro atoms. The minimum absolute atomic E-state index is 0.0219. The highest BCUT2D eigenvalue weighted by Crippen LogP contribution is 2.12. The maximum Gasteiger partial charge on any atom is 0.244 e. The lowest BCUT2D eigenvalue weighted by molar-refractivity contribution is -0.133. The van der Waals surface area contributed by atoms with E-state index in [1.165, 1.54) is 0 Å². The number of nitrogens with zero attached hydrogens (tertiary/aromatic N) is 1. The van der Waals surface area contributed by atoms with E-state index >= 15 is 0 Å². The number of rotatable bonds is 2. The molecular formula is C10H17N3O2. The lowest BCUT2D eigenvalue weighted by Crippen LogP contribution is -2.43. The Morgan fingerprint density at radius 1 is 1.53 bits per heavy atom. The van der Waals surface area contributed by atoms with Crippen LogP contribution in [0.3, 0.4) is 0 Å². The van der Waals surface area contributed by atoms with Gasteiger partial charge in [0.05, 0.1) is 5.92 Å². The summed E-state index contributed by atoms with van der Waals surface area (Å²) in [5.74, 6) is 0.103. The fraction of sp³-hybridized carbons (Fsp3) is 0.800. The van der Waals surface area contributed by atoms with Crippen molar-refractivity contribution in [1.29, 1.82) is 0 Å². The van der Waals surface area contributed by atoms with Gasteiger partial charge in [-0.2, -0.15) is 0 Å². The van der Waals surface area contributed by atoms with Crippen LogP contribution in [0.4, 0.5) is 0 Å². The Bertz CT molecular complexity index is 274. The zero-order valence-corrected chi connectivity index (χ0v) is 8.95. The number of carbonyl (C=O) groups is 2. The fourth-order valence-corrected chi connectivity index (χ4v) is 2.12. The number of likely N-dealkylation sites (tertiary alicyclic amines) is 1. The summed E-state index contributed by atoms with van der Waals surface area (Å²) in [6, 6.07) is -0.289. The van der Waals surface area contributed by atoms with Crippen LogP contribution in [0.1, 0.15) is 12.8 Å². The highest BCUT2D eigenvalue weighted by molar-refractivity contribution is 5.89. The van der Waals surface area contributed by atoms with Crippen molar-refractivity contribution in [2.24, 2.45) is 5.92 Å². The Hall–Kier alpha value is -1.10. The van der Waals surface area contributed by atoms with Crippen molar-refractivity contribution in [3.63, 3.8) is 0 Å². The predicted molar refractivity (Wildman–Crippen MR) is 55.2 cm³/mol. The van der Waals surface area contributed by atoms with Gasteiger partial charge in [-0.25, -0.2) is 0 Å². The van der Waals surface area contributed by atoms with E-state index in [9.17, 15) is 9.59 Å². The minimum Gasteiger partial charge on any atom is -0.344 e. The predicted octanol–water partition coefficient (Wildman–Crippen LogP) is -1.06. The Labute approximate surface area is 89.2 Å². The number of hydrogen-bond acceptors (Lipinski definition) is 3. The molecular weight excluding hydrogens is 194 g/mol. The molecule has 2 amide bonds. The van der Waals surface area contributed by atoms with Gasteiger partial charge < -0.3 is 15.5 Å². The molecule has 2 rings (SSSR count). The van der Waals surface area contributed by atoms with Crippen LogP contribution in [0.5, 0.6) is 0 Å². The molecule has 84 valence electrons. The SMILES string of the molecule is CN1CCC(NC(=O)C2CCNC2)C1=O. The number of likely N-dealkylation sites (N-methyl/N-ethyl adjacent to an activating group) is 1. The first-order valence-corrected chi connectivity index (χ1v) is 5.44. The summed E-state index contributed by atoms with van der Waals surface area (Å²) < 4.78 is 0. The van der Waals surface area contributed by atoms with Crippen LogP contribution in [-0.4, -0.2) is 49.4 Å². The molecule has 2 aliphatic rings. The van der Waals surface area contributed by atoms with Gasteiger partial charge >= 0.3 is 0 Å². The molecule has 0 bridgehead atoms. The molecule has 2 fully saturated rings. The van der Waals surface area contributed by atoms with Gasteiger partial charge in [-0.1, -0.05) is 0 Å². The Kier molecular flexibility index (Phi) is 2.90. The maximum absolute atomic E-state index is 11.7. The van der Waals surface area contributed by atoms with Gasteiger partial charge in [0.15, 0.2) is 0 Å². The highest BCUT2D eigenvalue weighted by Gasteiger charge is 2.32. The molecule has 2 unspecified atom stereocenters. The van der Waals surface area contributed by atoms with Gasteiger partial charge in [-0.05, 0) is 19.4 Å². The van der Waals surface area contributed by atoms with Crippen molar-refractivity contribution in [2.45, 2.75) is 18.9 Å². The molecule has 2 atom stereocenters. The Morgan fingerprint density at radius 2 is 2.33 bits per heavy atom. The standard InChI is InChI=1S/C10H17N3O2/c1-13-5-3-8(10(13)15)12-9(14)7-2-4-11-6-7/h7-8,11H,2-6H2,1H3,(H,12,14). The van der Waals surface area contributed by atoms with E-state index in [1.807, 2.05) is 0 Å². The van der Waals surface area contributed by atoms with Gasteiger partial charge in [-0.3, -0.25) is 9.59 Å². The van der Waals surface area contributed by atoms with Crippen molar-refractivity contribution < 1.29 is 9.59 Å². The zero-order valence-electron chi connectivity index (χ0n) is 8.95. The average molecular weight is 211 g/mol. The lowest BCUT2D eigenvalue weighted by Gasteiger charge is -2.14. The van der Waals surface area contributed by atoms with Crippen molar-refractivity contribution >= 4 is 11.8 Å². The molecule has 2 aliphatic heterocycles. The van der Waals surface area contributed by atoms with Crippen LogP contribution in [-0.2, 0) is 9.59 Å². The summed E-state index contributed by atoms with van der Waals surface area (Å²) >= 11 is 0. The first-order chi connectivity index (χ1) is 7.18. The van der Waals surface area contributed by atoms with E-state index in [0.29, 0.717) is 0 Å². The van der Waals surface area contributed by atoms with E-state index in [-0.39, 0.29) is 23.8 Å². The van der Waals surface area contributed by atoms with Gasteiger partial charge in [0.2, 0.25) is 11.8 Å². The van der Waals surface area contributed by atoms with Crippen LogP contribution >= 0.6 is 0 Å². The second-order valence-electron chi connectivity index (χ2n) is 4.30. The van der Waals surface area contributed by atoms with Crippen LogP contribution < -0.4 is 10.6 Å². The second kappa shape index (κ2) is 4.18. The number of amides is 2. The van der Waals surface area contributed by atoms with Gasteiger partial charge in [-0.15, -0.1) is 0 Å². The molecule has 5 heteroatoms. The first kappa shape index (κ1) is 10.4. The topological polar surface area (TPSA) is 61.4 Å². The monoisotopic (exact) mass is 211 g/mol. The minimum atomic E-state index is -0.289. The fourth-order valence-electron chi connectivity index (χ4n) is 2.12. The number of nitrogens with one attached hydrogen (secondary N) is 2. The molecule has 2 heterocycles. The highest BCUT2D eigenvalue weighted by atomic mass is 16.2. The lowest BCUT2D eigenvalue weighted by atomic mass is 10.1. The smallest absolute Gasteiger partial charge is 0.244 e. The zero-order chi connectivity index (χ0) is 10.8. The van der Waals surface area contributed by atoms with Crippen molar-refractivity contribution in [3.05, 3.63) is 0 Å². The van der Waals surface area contributed by atoms with Crippen LogP contribution in [0.15, 0.2) is 0 Å². The van der Waals surface area contributed by atoms with Gasteiger partial charge in [0, 0.05) is 20.1 Å². The molecule has 0 aliphatic carbocycles. The third-order valence-corrected chi connectivity index (χ3v) is 3.18. The molecule has 5 nitrogen and oxygen atoms in total. The summed E-state index contributed by atoms with van der Waals surface area (Å²) in [5.41, 5.74) is 0. The molecule has 0 aromatic rings.